The maximum absolute atomic E-state index is 12.3. The molecule has 0 heterocycles. The molecule has 5 unspecified atom stereocenters. The van der Waals surface area contributed by atoms with Gasteiger partial charge in [-0.3, -0.25) is 4.79 Å². The third-order valence-electron chi connectivity index (χ3n) is 11.0. The van der Waals surface area contributed by atoms with Crippen molar-refractivity contribution in [2.45, 2.75) is 97.2 Å². The molecule has 4 rings (SSSR count). The van der Waals surface area contributed by atoms with Crippen LogP contribution in [-0.2, 0) is 14.6 Å². The molecule has 7 heteroatoms. The number of hydrogen-bond acceptors (Lipinski definition) is 5. The molecule has 0 aliphatic heterocycles. The fourth-order valence-corrected chi connectivity index (χ4v) is 9.67. The van der Waals surface area contributed by atoms with Crippen LogP contribution in [0.3, 0.4) is 0 Å². The van der Waals surface area contributed by atoms with Gasteiger partial charge in [-0.2, -0.15) is 0 Å². The molecule has 196 valence electrons. The first-order valence-electron chi connectivity index (χ1n) is 13.7. The molecule has 0 radical (unpaired) electrons. The minimum Gasteiger partial charge on any atom is -0.393 e. The van der Waals surface area contributed by atoms with Gasteiger partial charge in [0, 0.05) is 19.2 Å². The van der Waals surface area contributed by atoms with Crippen LogP contribution in [0.5, 0.6) is 0 Å². The lowest BCUT2D eigenvalue weighted by Gasteiger charge is -2.62. The number of carbonyl (C=O) groups excluding carboxylic acids is 1. The molecular weight excluding hydrogens is 450 g/mol. The van der Waals surface area contributed by atoms with E-state index in [1.807, 2.05) is 0 Å². The summed E-state index contributed by atoms with van der Waals surface area (Å²) in [5.74, 6) is 2.83. The number of aliphatic hydroxyl groups excluding tert-OH is 2. The summed E-state index contributed by atoms with van der Waals surface area (Å²) < 4.78 is 22.6. The Balaban J connectivity index is 1.39. The zero-order chi connectivity index (χ0) is 24.9. The van der Waals surface area contributed by atoms with Crippen molar-refractivity contribution < 1.29 is 23.4 Å². The molecule has 34 heavy (non-hydrogen) atoms. The Kier molecular flexibility index (Phi) is 7.50. The van der Waals surface area contributed by atoms with E-state index < -0.39 is 9.84 Å². The summed E-state index contributed by atoms with van der Waals surface area (Å²) in [7, 11) is -3.06. The van der Waals surface area contributed by atoms with E-state index in [0.717, 1.165) is 32.1 Å². The highest BCUT2D eigenvalue weighted by atomic mass is 32.2. The van der Waals surface area contributed by atoms with E-state index in [9.17, 15) is 23.4 Å². The lowest BCUT2D eigenvalue weighted by atomic mass is 9.43. The van der Waals surface area contributed by atoms with E-state index in [0.29, 0.717) is 41.9 Å². The SMILES string of the molecule is C[C@H](CCC(=O)NCCS(C)(=O)=O)[C@H]1CCC2C3C(O)CC4C[C@H](O)CC[C@]4(C)C3CC[C@@]21C. The van der Waals surface area contributed by atoms with Crippen LogP contribution in [-0.4, -0.2) is 55.3 Å². The predicted octanol–water partition coefficient (Wildman–Crippen LogP) is 3.55. The van der Waals surface area contributed by atoms with Gasteiger partial charge in [-0.25, -0.2) is 8.42 Å². The van der Waals surface area contributed by atoms with Gasteiger partial charge in [0.15, 0.2) is 0 Å². The molecule has 10 atom stereocenters. The fraction of sp³-hybridized carbons (Fsp3) is 0.963. The van der Waals surface area contributed by atoms with Gasteiger partial charge in [0.05, 0.1) is 18.0 Å². The smallest absolute Gasteiger partial charge is 0.220 e. The van der Waals surface area contributed by atoms with Crippen LogP contribution in [0.4, 0.5) is 0 Å². The second kappa shape index (κ2) is 9.66. The van der Waals surface area contributed by atoms with Crippen molar-refractivity contribution in [3.8, 4) is 0 Å². The fourth-order valence-electron chi connectivity index (χ4n) is 9.20. The first kappa shape index (κ1) is 26.4. The third kappa shape index (κ3) is 4.95. The van der Waals surface area contributed by atoms with Gasteiger partial charge in [-0.05, 0) is 104 Å². The Hall–Kier alpha value is -0.660. The minimum absolute atomic E-state index is 0.0136. The number of carbonyl (C=O) groups is 1. The summed E-state index contributed by atoms with van der Waals surface area (Å²) in [5.41, 5.74) is 0.462. The Morgan fingerprint density at radius 3 is 2.41 bits per heavy atom. The second-order valence-electron chi connectivity index (χ2n) is 12.9. The van der Waals surface area contributed by atoms with Gasteiger partial charge in [0.25, 0.3) is 0 Å². The van der Waals surface area contributed by atoms with Gasteiger partial charge in [0.2, 0.25) is 5.91 Å². The summed E-state index contributed by atoms with van der Waals surface area (Å²) in [4.78, 5) is 12.3. The zero-order valence-electron chi connectivity index (χ0n) is 21.6. The van der Waals surface area contributed by atoms with Crippen molar-refractivity contribution in [3.05, 3.63) is 0 Å². The van der Waals surface area contributed by atoms with Crippen molar-refractivity contribution in [1.82, 2.24) is 5.32 Å². The Morgan fingerprint density at radius 2 is 1.71 bits per heavy atom. The Labute approximate surface area is 206 Å². The molecule has 0 aromatic heterocycles. The molecule has 6 nitrogen and oxygen atoms in total. The van der Waals surface area contributed by atoms with Crippen LogP contribution >= 0.6 is 0 Å². The molecule has 0 saturated heterocycles. The summed E-state index contributed by atoms with van der Waals surface area (Å²) in [6, 6.07) is 0. The number of amides is 1. The molecule has 4 aliphatic carbocycles. The molecule has 3 N–H and O–H groups in total. The first-order chi connectivity index (χ1) is 15.8. The van der Waals surface area contributed by atoms with Crippen LogP contribution < -0.4 is 5.32 Å². The molecule has 0 aromatic rings. The lowest BCUT2D eigenvalue weighted by Crippen LogP contribution is -2.58. The standard InChI is InChI=1S/C27H47NO5S/c1-17(5-8-24(31)28-13-14-34(4,32)33)20-6-7-21-25-22(10-12-27(20,21)3)26(2)11-9-19(29)15-18(26)16-23(25)30/h17-23,25,29-30H,5-16H2,1-4H3,(H,28,31)/t17-,18?,19-,20-,21?,22?,23?,25?,26+,27-/m1/s1. The number of nitrogens with one attached hydrogen (secondary N) is 1. The first-order valence-corrected chi connectivity index (χ1v) is 15.7. The van der Waals surface area contributed by atoms with Crippen LogP contribution in [0.2, 0.25) is 0 Å². The summed E-state index contributed by atoms with van der Waals surface area (Å²) in [6.45, 7) is 7.38. The van der Waals surface area contributed by atoms with Gasteiger partial charge in [-0.1, -0.05) is 20.8 Å². The quantitative estimate of drug-likeness (QED) is 0.499. The van der Waals surface area contributed by atoms with E-state index in [2.05, 4.69) is 26.1 Å². The molecular formula is C27H47NO5S. The topological polar surface area (TPSA) is 104 Å². The summed E-state index contributed by atoms with van der Waals surface area (Å²) in [6.07, 6.45) is 10.4. The van der Waals surface area contributed by atoms with E-state index >= 15 is 0 Å². The molecule has 0 spiro atoms. The van der Waals surface area contributed by atoms with Gasteiger partial charge < -0.3 is 15.5 Å². The number of aliphatic hydroxyl groups is 2. The maximum Gasteiger partial charge on any atom is 0.220 e. The van der Waals surface area contributed by atoms with E-state index in [1.165, 1.54) is 31.9 Å². The average molecular weight is 498 g/mol. The molecule has 0 bridgehead atoms. The highest BCUT2D eigenvalue weighted by Gasteiger charge is 2.62. The average Bonchev–Trinajstić information content (AvgIpc) is 3.09. The number of rotatable bonds is 7. The Morgan fingerprint density at radius 1 is 1.03 bits per heavy atom. The molecule has 4 aliphatic rings. The zero-order valence-corrected chi connectivity index (χ0v) is 22.4. The second-order valence-corrected chi connectivity index (χ2v) is 15.2. The normalized spacial score (nSPS) is 45.1. The highest BCUT2D eigenvalue weighted by Crippen LogP contribution is 2.68. The van der Waals surface area contributed by atoms with Crippen molar-refractivity contribution in [2.75, 3.05) is 18.6 Å². The van der Waals surface area contributed by atoms with Crippen LogP contribution in [0.1, 0.15) is 85.0 Å². The monoisotopic (exact) mass is 497 g/mol. The molecule has 4 saturated carbocycles. The molecule has 1 amide bonds. The van der Waals surface area contributed by atoms with Gasteiger partial charge in [-0.15, -0.1) is 0 Å². The Bertz CT molecular complexity index is 861. The van der Waals surface area contributed by atoms with Crippen molar-refractivity contribution >= 4 is 15.7 Å². The number of fused-ring (bicyclic) bond motifs is 5. The van der Waals surface area contributed by atoms with Crippen molar-refractivity contribution in [1.29, 1.82) is 0 Å². The maximum atomic E-state index is 12.3. The minimum atomic E-state index is -3.06. The van der Waals surface area contributed by atoms with Crippen LogP contribution in [0, 0.1) is 46.3 Å². The van der Waals surface area contributed by atoms with Crippen LogP contribution in [0.15, 0.2) is 0 Å². The summed E-state index contributed by atoms with van der Waals surface area (Å²) >= 11 is 0. The van der Waals surface area contributed by atoms with Crippen LogP contribution in [0.25, 0.3) is 0 Å². The van der Waals surface area contributed by atoms with Gasteiger partial charge >= 0.3 is 0 Å². The highest BCUT2D eigenvalue weighted by molar-refractivity contribution is 7.90. The number of hydrogen-bond donors (Lipinski definition) is 3. The lowest BCUT2D eigenvalue weighted by molar-refractivity contribution is -0.174. The molecule has 0 aromatic carbocycles. The summed E-state index contributed by atoms with van der Waals surface area (Å²) in [5, 5.41) is 24.4. The molecule has 4 fully saturated rings. The van der Waals surface area contributed by atoms with Crippen molar-refractivity contribution in [2.24, 2.45) is 46.3 Å². The van der Waals surface area contributed by atoms with E-state index in [4.69, 9.17) is 0 Å². The number of sulfone groups is 1. The predicted molar refractivity (Wildman–Crippen MR) is 134 cm³/mol. The van der Waals surface area contributed by atoms with E-state index in [1.54, 1.807) is 0 Å². The van der Waals surface area contributed by atoms with E-state index in [-0.39, 0.29) is 41.2 Å². The van der Waals surface area contributed by atoms with Crippen molar-refractivity contribution in [3.63, 3.8) is 0 Å². The van der Waals surface area contributed by atoms with Gasteiger partial charge in [0.1, 0.15) is 9.84 Å². The largest absolute Gasteiger partial charge is 0.393 e. The third-order valence-corrected chi connectivity index (χ3v) is 12.0.